The maximum Gasteiger partial charge on any atom is 0.344 e. The second-order valence-corrected chi connectivity index (χ2v) is 7.31. The zero-order valence-electron chi connectivity index (χ0n) is 15.5. The van der Waals surface area contributed by atoms with Crippen LogP contribution in [0.25, 0.3) is 6.08 Å². The first kappa shape index (κ1) is 20.6. The third-order valence-electron chi connectivity index (χ3n) is 4.23. The normalized spacial score (nSPS) is 16.3. The van der Waals surface area contributed by atoms with Crippen molar-refractivity contribution in [3.05, 3.63) is 70.4 Å². The number of carbonyl (C=O) groups is 3. The maximum atomic E-state index is 13.0. The van der Waals surface area contributed by atoms with Crippen LogP contribution in [0.1, 0.15) is 24.5 Å². The molecule has 2 amide bonds. The van der Waals surface area contributed by atoms with E-state index in [-0.39, 0.29) is 17.3 Å². The van der Waals surface area contributed by atoms with Crippen molar-refractivity contribution in [3.8, 4) is 5.75 Å². The fraction of sp³-hybridized carbons (Fsp3) is 0.190. The number of hydrogen-bond donors (Lipinski definition) is 1. The van der Waals surface area contributed by atoms with Crippen LogP contribution in [0.5, 0.6) is 5.75 Å². The van der Waals surface area contributed by atoms with Crippen molar-refractivity contribution in [2.24, 2.45) is 0 Å². The number of rotatable bonds is 7. The Morgan fingerprint density at radius 2 is 1.83 bits per heavy atom. The SMILES string of the molecule is CCC(Oc1ccc(/C=C2/SC(=O)N(Cc3ccc(F)cc3)C2=O)cc1)C(=O)O. The molecule has 6 nitrogen and oxygen atoms in total. The molecule has 0 saturated carbocycles. The third kappa shape index (κ3) is 5.03. The first-order valence-corrected chi connectivity index (χ1v) is 9.68. The zero-order valence-corrected chi connectivity index (χ0v) is 16.3. The molecule has 0 aliphatic carbocycles. The van der Waals surface area contributed by atoms with Crippen LogP contribution in [-0.2, 0) is 16.1 Å². The molecule has 1 aliphatic rings. The minimum atomic E-state index is -1.04. The van der Waals surface area contributed by atoms with E-state index in [1.165, 1.54) is 24.3 Å². The molecule has 0 radical (unpaired) electrons. The quantitative estimate of drug-likeness (QED) is 0.679. The molecule has 0 spiro atoms. The van der Waals surface area contributed by atoms with E-state index in [2.05, 4.69) is 0 Å². The highest BCUT2D eigenvalue weighted by Gasteiger charge is 2.34. The molecule has 8 heteroatoms. The number of aliphatic carboxylic acids is 1. The summed E-state index contributed by atoms with van der Waals surface area (Å²) in [5, 5.41) is 8.66. The number of hydrogen-bond acceptors (Lipinski definition) is 5. The number of imide groups is 1. The molecule has 0 bridgehead atoms. The summed E-state index contributed by atoms with van der Waals surface area (Å²) in [6.45, 7) is 1.79. The highest BCUT2D eigenvalue weighted by atomic mass is 32.2. The molecule has 2 aromatic rings. The molecular formula is C21H18FNO5S. The average Bonchev–Trinajstić information content (AvgIpc) is 2.96. The number of amides is 2. The first-order chi connectivity index (χ1) is 13.9. The highest BCUT2D eigenvalue weighted by Crippen LogP contribution is 2.33. The summed E-state index contributed by atoms with van der Waals surface area (Å²) < 4.78 is 18.4. The van der Waals surface area contributed by atoms with Gasteiger partial charge in [0.25, 0.3) is 11.1 Å². The minimum absolute atomic E-state index is 0.0721. The van der Waals surface area contributed by atoms with E-state index in [1.807, 2.05) is 0 Å². The van der Waals surface area contributed by atoms with Crippen LogP contribution in [-0.4, -0.2) is 33.2 Å². The van der Waals surface area contributed by atoms with Gasteiger partial charge < -0.3 is 9.84 Å². The summed E-state index contributed by atoms with van der Waals surface area (Å²) in [5.41, 5.74) is 1.33. The molecule has 29 heavy (non-hydrogen) atoms. The predicted octanol–water partition coefficient (Wildman–Crippen LogP) is 4.30. The lowest BCUT2D eigenvalue weighted by atomic mass is 10.2. The van der Waals surface area contributed by atoms with E-state index >= 15 is 0 Å². The van der Waals surface area contributed by atoms with Crippen molar-refractivity contribution in [2.45, 2.75) is 26.0 Å². The molecule has 1 atom stereocenters. The van der Waals surface area contributed by atoms with E-state index in [9.17, 15) is 18.8 Å². The topological polar surface area (TPSA) is 83.9 Å². The lowest BCUT2D eigenvalue weighted by molar-refractivity contribution is -0.145. The van der Waals surface area contributed by atoms with Crippen molar-refractivity contribution in [1.82, 2.24) is 4.90 Å². The van der Waals surface area contributed by atoms with Crippen molar-refractivity contribution < 1.29 is 28.6 Å². The molecule has 1 N–H and O–H groups in total. The van der Waals surface area contributed by atoms with Crippen molar-refractivity contribution in [2.75, 3.05) is 0 Å². The third-order valence-corrected chi connectivity index (χ3v) is 5.14. The Labute approximate surface area is 171 Å². The van der Waals surface area contributed by atoms with Gasteiger partial charge in [-0.05, 0) is 59.7 Å². The number of carboxylic acids is 1. The van der Waals surface area contributed by atoms with E-state index < -0.39 is 23.2 Å². The molecular weight excluding hydrogens is 397 g/mol. The Morgan fingerprint density at radius 1 is 1.17 bits per heavy atom. The van der Waals surface area contributed by atoms with Gasteiger partial charge in [0.15, 0.2) is 6.10 Å². The lowest BCUT2D eigenvalue weighted by Crippen LogP contribution is -2.27. The number of nitrogens with zero attached hydrogens (tertiary/aromatic N) is 1. The van der Waals surface area contributed by atoms with Gasteiger partial charge in [0.2, 0.25) is 0 Å². The van der Waals surface area contributed by atoms with Crippen molar-refractivity contribution in [1.29, 1.82) is 0 Å². The molecule has 2 aromatic carbocycles. The van der Waals surface area contributed by atoms with Gasteiger partial charge in [-0.3, -0.25) is 14.5 Å². The number of thioether (sulfide) groups is 1. The van der Waals surface area contributed by atoms with E-state index in [4.69, 9.17) is 9.84 Å². The summed E-state index contributed by atoms with van der Waals surface area (Å²) in [6, 6.07) is 12.2. The van der Waals surface area contributed by atoms with Gasteiger partial charge in [0, 0.05) is 0 Å². The van der Waals surface area contributed by atoms with Crippen LogP contribution in [0, 0.1) is 5.82 Å². The Hall–Kier alpha value is -3.13. The van der Waals surface area contributed by atoms with Crippen molar-refractivity contribution >= 4 is 35.0 Å². The van der Waals surface area contributed by atoms with Crippen LogP contribution < -0.4 is 4.74 Å². The predicted molar refractivity (Wildman–Crippen MR) is 107 cm³/mol. The van der Waals surface area contributed by atoms with Crippen molar-refractivity contribution in [3.63, 3.8) is 0 Å². The van der Waals surface area contributed by atoms with Crippen LogP contribution in [0.2, 0.25) is 0 Å². The molecule has 1 heterocycles. The molecule has 1 fully saturated rings. The molecule has 3 rings (SSSR count). The summed E-state index contributed by atoms with van der Waals surface area (Å²) in [7, 11) is 0. The van der Waals surface area contributed by atoms with Crippen LogP contribution in [0.15, 0.2) is 53.4 Å². The van der Waals surface area contributed by atoms with Crippen LogP contribution in [0.3, 0.4) is 0 Å². The van der Waals surface area contributed by atoms with Gasteiger partial charge in [0.1, 0.15) is 11.6 Å². The Kier molecular flexibility index (Phi) is 6.33. The minimum Gasteiger partial charge on any atom is -0.479 e. The van der Waals surface area contributed by atoms with Gasteiger partial charge in [0.05, 0.1) is 11.4 Å². The summed E-state index contributed by atoms with van der Waals surface area (Å²) >= 11 is 0.837. The Morgan fingerprint density at radius 3 is 2.41 bits per heavy atom. The fourth-order valence-corrected chi connectivity index (χ4v) is 3.51. The van der Waals surface area contributed by atoms with Crippen LogP contribution in [0.4, 0.5) is 9.18 Å². The highest BCUT2D eigenvalue weighted by molar-refractivity contribution is 8.18. The van der Waals surface area contributed by atoms with Gasteiger partial charge in [-0.15, -0.1) is 0 Å². The molecule has 150 valence electrons. The summed E-state index contributed by atoms with van der Waals surface area (Å²) in [4.78, 5) is 37.2. The summed E-state index contributed by atoms with van der Waals surface area (Å²) in [5.74, 6) is -1.43. The smallest absolute Gasteiger partial charge is 0.344 e. The van der Waals surface area contributed by atoms with Gasteiger partial charge in [-0.1, -0.05) is 31.2 Å². The molecule has 1 unspecified atom stereocenters. The first-order valence-electron chi connectivity index (χ1n) is 8.86. The number of carboxylic acid groups (broad SMARTS) is 1. The zero-order chi connectivity index (χ0) is 21.0. The second kappa shape index (κ2) is 8.91. The second-order valence-electron chi connectivity index (χ2n) is 6.32. The standard InChI is InChI=1S/C21H18FNO5S/c1-2-17(20(25)26)28-16-9-5-13(6-10-16)11-18-19(24)23(21(27)29-18)12-14-3-7-15(22)8-4-14/h3-11,17H,2,12H2,1H3,(H,25,26)/b18-11+. The Bertz CT molecular complexity index is 956. The fourth-order valence-electron chi connectivity index (χ4n) is 2.68. The molecule has 1 saturated heterocycles. The number of halogens is 1. The monoisotopic (exact) mass is 415 g/mol. The lowest BCUT2D eigenvalue weighted by Gasteiger charge is -2.13. The number of carbonyl (C=O) groups excluding carboxylic acids is 2. The van der Waals surface area contributed by atoms with E-state index in [1.54, 1.807) is 37.3 Å². The van der Waals surface area contributed by atoms with Gasteiger partial charge >= 0.3 is 5.97 Å². The molecule has 0 aromatic heterocycles. The summed E-state index contributed by atoms with van der Waals surface area (Å²) in [6.07, 6.45) is 0.996. The van der Waals surface area contributed by atoms with Gasteiger partial charge in [-0.25, -0.2) is 9.18 Å². The largest absolute Gasteiger partial charge is 0.479 e. The average molecular weight is 415 g/mol. The maximum absolute atomic E-state index is 13.0. The van der Waals surface area contributed by atoms with Crippen LogP contribution >= 0.6 is 11.8 Å². The number of benzene rings is 2. The van der Waals surface area contributed by atoms with Gasteiger partial charge in [-0.2, -0.15) is 0 Å². The van der Waals surface area contributed by atoms with E-state index in [0.717, 1.165) is 16.7 Å². The van der Waals surface area contributed by atoms with E-state index in [0.29, 0.717) is 23.3 Å². The Balaban J connectivity index is 1.70. The number of ether oxygens (including phenoxy) is 1. The molecule has 1 aliphatic heterocycles.